The minimum Gasteiger partial charge on any atom is -0.272 e. The number of nitro benzene ring substituents is 1. The van der Waals surface area contributed by atoms with Gasteiger partial charge in [-0.15, -0.1) is 0 Å². The summed E-state index contributed by atoms with van der Waals surface area (Å²) >= 11 is 0. The number of hydrogen-bond donors (Lipinski definition) is 0. The molecule has 2 aromatic rings. The molecule has 0 fully saturated rings. The number of carbonyl (C=O) groups excluding carboxylic acids is 1. The van der Waals surface area contributed by atoms with Crippen molar-refractivity contribution >= 4 is 17.3 Å². The van der Waals surface area contributed by atoms with Gasteiger partial charge in [-0.05, 0) is 18.1 Å². The number of carbonyl (C=O) groups is 1. The number of amides is 1. The molecule has 2 aromatic carbocycles. The van der Waals surface area contributed by atoms with Crippen LogP contribution in [-0.2, 0) is 11.3 Å². The molecule has 8 heteroatoms. The van der Waals surface area contributed by atoms with Crippen LogP contribution in [0.4, 0.5) is 5.69 Å². The van der Waals surface area contributed by atoms with E-state index < -0.39 is 22.7 Å². The number of rotatable bonds is 6. The summed E-state index contributed by atoms with van der Waals surface area (Å²) in [6.07, 6.45) is 0. The van der Waals surface area contributed by atoms with Gasteiger partial charge in [-0.3, -0.25) is 14.9 Å². The van der Waals surface area contributed by atoms with Crippen molar-refractivity contribution in [2.75, 3.05) is 0 Å². The highest BCUT2D eigenvalue weighted by Crippen LogP contribution is 2.38. The zero-order valence-electron chi connectivity index (χ0n) is 15.6. The number of non-ortho nitro benzene ring substituents is 1. The molecule has 0 spiro atoms. The summed E-state index contributed by atoms with van der Waals surface area (Å²) in [6.45, 7) is 1.97. The first-order valence-corrected chi connectivity index (χ1v) is 8.90. The largest absolute Gasteiger partial charge is 0.272 e. The number of nitriles is 2. The van der Waals surface area contributed by atoms with E-state index in [1.165, 1.54) is 29.3 Å². The third kappa shape index (κ3) is 3.97. The van der Waals surface area contributed by atoms with Crippen molar-refractivity contribution in [2.24, 2.45) is 16.9 Å². The SMILES string of the molecule is CC1=NN(Cc2ccccc2)C(=O)[C@@H]1[C@@H](c1ccc([N+](=O)[O-])cc1)C(C#N)C#N. The summed E-state index contributed by atoms with van der Waals surface area (Å²) in [5.74, 6) is -2.97. The summed E-state index contributed by atoms with van der Waals surface area (Å²) in [5, 5.41) is 35.6. The second-order valence-corrected chi connectivity index (χ2v) is 6.71. The Morgan fingerprint density at radius 1 is 1.14 bits per heavy atom. The Kier molecular flexibility index (Phi) is 5.66. The number of hydrogen-bond acceptors (Lipinski definition) is 6. The first kappa shape index (κ1) is 19.7. The average Bonchev–Trinajstić information content (AvgIpc) is 3.00. The average molecular weight is 387 g/mol. The molecule has 0 unspecified atom stereocenters. The van der Waals surface area contributed by atoms with Gasteiger partial charge in [-0.1, -0.05) is 42.5 Å². The van der Waals surface area contributed by atoms with Crippen LogP contribution in [0.5, 0.6) is 0 Å². The van der Waals surface area contributed by atoms with Crippen molar-refractivity contribution < 1.29 is 9.72 Å². The lowest BCUT2D eigenvalue weighted by Crippen LogP contribution is -2.34. The molecule has 1 aliphatic rings. The maximum Gasteiger partial charge on any atom is 0.269 e. The summed E-state index contributed by atoms with van der Waals surface area (Å²) in [5.41, 5.74) is 1.82. The number of nitrogens with zero attached hydrogens (tertiary/aromatic N) is 5. The predicted octanol–water partition coefficient (Wildman–Crippen LogP) is 3.38. The van der Waals surface area contributed by atoms with E-state index in [-0.39, 0.29) is 18.1 Å². The van der Waals surface area contributed by atoms with Crippen molar-refractivity contribution in [2.45, 2.75) is 19.4 Å². The Morgan fingerprint density at radius 3 is 2.31 bits per heavy atom. The summed E-state index contributed by atoms with van der Waals surface area (Å²) < 4.78 is 0. The van der Waals surface area contributed by atoms with E-state index in [0.717, 1.165) is 5.56 Å². The van der Waals surface area contributed by atoms with Crippen LogP contribution in [0.15, 0.2) is 59.7 Å². The van der Waals surface area contributed by atoms with Crippen molar-refractivity contribution in [3.8, 4) is 12.1 Å². The fourth-order valence-corrected chi connectivity index (χ4v) is 3.51. The van der Waals surface area contributed by atoms with Gasteiger partial charge in [0, 0.05) is 23.8 Å². The normalized spacial score (nSPS) is 16.8. The van der Waals surface area contributed by atoms with Crippen LogP contribution in [0.1, 0.15) is 24.0 Å². The van der Waals surface area contributed by atoms with Crippen LogP contribution in [0.25, 0.3) is 0 Å². The fraction of sp³-hybridized carbons (Fsp3) is 0.238. The molecule has 1 heterocycles. The Morgan fingerprint density at radius 2 is 1.76 bits per heavy atom. The molecule has 0 radical (unpaired) electrons. The molecule has 0 aliphatic carbocycles. The first-order valence-electron chi connectivity index (χ1n) is 8.90. The van der Waals surface area contributed by atoms with Gasteiger partial charge in [0.2, 0.25) is 0 Å². The Labute approximate surface area is 167 Å². The van der Waals surface area contributed by atoms with Gasteiger partial charge in [0.15, 0.2) is 0 Å². The number of nitro groups is 1. The van der Waals surface area contributed by atoms with Crippen LogP contribution in [0.2, 0.25) is 0 Å². The lowest BCUT2D eigenvalue weighted by molar-refractivity contribution is -0.384. The summed E-state index contributed by atoms with van der Waals surface area (Å²) in [6, 6.07) is 18.9. The first-order chi connectivity index (χ1) is 14.0. The quantitative estimate of drug-likeness (QED) is 0.555. The maximum atomic E-state index is 13.1. The van der Waals surface area contributed by atoms with Crippen LogP contribution in [0.3, 0.4) is 0 Å². The topological polar surface area (TPSA) is 123 Å². The Hall–Kier alpha value is -4.04. The van der Waals surface area contributed by atoms with Gasteiger partial charge < -0.3 is 0 Å². The molecule has 0 N–H and O–H groups in total. The van der Waals surface area contributed by atoms with E-state index in [1.54, 1.807) is 6.92 Å². The van der Waals surface area contributed by atoms with E-state index in [9.17, 15) is 25.4 Å². The zero-order valence-corrected chi connectivity index (χ0v) is 15.6. The predicted molar refractivity (Wildman–Crippen MR) is 104 cm³/mol. The van der Waals surface area contributed by atoms with Gasteiger partial charge in [0.25, 0.3) is 11.6 Å². The zero-order chi connectivity index (χ0) is 21.0. The van der Waals surface area contributed by atoms with E-state index in [2.05, 4.69) is 5.10 Å². The van der Waals surface area contributed by atoms with Crippen LogP contribution >= 0.6 is 0 Å². The highest BCUT2D eigenvalue weighted by Gasteiger charge is 2.43. The minimum absolute atomic E-state index is 0.105. The van der Waals surface area contributed by atoms with Gasteiger partial charge in [0.1, 0.15) is 5.92 Å². The Bertz CT molecular complexity index is 1020. The maximum absolute atomic E-state index is 13.1. The molecule has 2 atom stereocenters. The van der Waals surface area contributed by atoms with E-state index in [0.29, 0.717) is 11.3 Å². The van der Waals surface area contributed by atoms with Crippen LogP contribution in [0, 0.1) is 44.6 Å². The van der Waals surface area contributed by atoms with Crippen molar-refractivity contribution in [3.63, 3.8) is 0 Å². The van der Waals surface area contributed by atoms with Crippen LogP contribution < -0.4 is 0 Å². The van der Waals surface area contributed by atoms with E-state index >= 15 is 0 Å². The fourth-order valence-electron chi connectivity index (χ4n) is 3.51. The summed E-state index contributed by atoms with van der Waals surface area (Å²) in [4.78, 5) is 23.5. The molecule has 1 aliphatic heterocycles. The highest BCUT2D eigenvalue weighted by molar-refractivity contribution is 6.07. The molecule has 3 rings (SSSR count). The molecule has 29 heavy (non-hydrogen) atoms. The Balaban J connectivity index is 1.95. The van der Waals surface area contributed by atoms with Crippen molar-refractivity contribution in [1.82, 2.24) is 5.01 Å². The van der Waals surface area contributed by atoms with E-state index in [1.807, 2.05) is 42.5 Å². The minimum atomic E-state index is -1.10. The van der Waals surface area contributed by atoms with Gasteiger partial charge in [-0.25, -0.2) is 5.01 Å². The van der Waals surface area contributed by atoms with Gasteiger partial charge in [-0.2, -0.15) is 15.6 Å². The molecule has 0 saturated heterocycles. The monoisotopic (exact) mass is 387 g/mol. The molecule has 8 nitrogen and oxygen atoms in total. The number of hydrazone groups is 1. The second kappa shape index (κ2) is 8.32. The molecular formula is C21H17N5O3. The molecular weight excluding hydrogens is 370 g/mol. The highest BCUT2D eigenvalue weighted by atomic mass is 16.6. The van der Waals surface area contributed by atoms with Crippen molar-refractivity contribution in [1.29, 1.82) is 10.5 Å². The standard InChI is InChI=1S/C21H17N5O3/c1-14-19(21(27)25(24-14)13-15-5-3-2-4-6-15)20(17(11-22)12-23)16-7-9-18(10-8-16)26(28)29/h2-10,17,19-20H,13H2,1H3/t19-,20-/m0/s1. The molecule has 0 bridgehead atoms. The molecule has 144 valence electrons. The van der Waals surface area contributed by atoms with Gasteiger partial charge in [0.05, 0.1) is 29.5 Å². The van der Waals surface area contributed by atoms with Crippen LogP contribution in [-0.4, -0.2) is 21.6 Å². The molecule has 0 saturated carbocycles. The van der Waals surface area contributed by atoms with Crippen molar-refractivity contribution in [3.05, 3.63) is 75.8 Å². The lowest BCUT2D eigenvalue weighted by Gasteiger charge is -2.24. The molecule has 0 aromatic heterocycles. The third-order valence-electron chi connectivity index (χ3n) is 4.91. The second-order valence-electron chi connectivity index (χ2n) is 6.71. The molecule has 1 amide bonds. The summed E-state index contributed by atoms with van der Waals surface area (Å²) in [7, 11) is 0. The number of benzene rings is 2. The smallest absolute Gasteiger partial charge is 0.269 e. The van der Waals surface area contributed by atoms with E-state index in [4.69, 9.17) is 0 Å². The lowest BCUT2D eigenvalue weighted by atomic mass is 9.75. The third-order valence-corrected chi connectivity index (χ3v) is 4.91. The van der Waals surface area contributed by atoms with Gasteiger partial charge >= 0.3 is 0 Å².